The van der Waals surface area contributed by atoms with Gasteiger partial charge in [-0.1, -0.05) is 6.92 Å². The molecule has 0 aliphatic heterocycles. The van der Waals surface area contributed by atoms with Crippen LogP contribution in [0.1, 0.15) is 43.7 Å². The molecular formula is C15H17F3O. The summed E-state index contributed by atoms with van der Waals surface area (Å²) in [5.41, 5.74) is -0.126. The van der Waals surface area contributed by atoms with Crippen molar-refractivity contribution in [1.82, 2.24) is 0 Å². The number of hydrogen-bond donors (Lipinski definition) is 0. The lowest BCUT2D eigenvalue weighted by Gasteiger charge is -2.19. The molecule has 1 aromatic carbocycles. The Bertz CT molecular complexity index is 457. The molecule has 0 amide bonds. The summed E-state index contributed by atoms with van der Waals surface area (Å²) in [6.45, 7) is 4.10. The number of alkyl halides is 3. The zero-order valence-corrected chi connectivity index (χ0v) is 11.1. The van der Waals surface area contributed by atoms with Crippen LogP contribution in [0.15, 0.2) is 18.2 Å². The van der Waals surface area contributed by atoms with Crippen molar-refractivity contribution in [2.45, 2.75) is 38.8 Å². The second kappa shape index (κ2) is 6.51. The van der Waals surface area contributed by atoms with Gasteiger partial charge >= 0.3 is 6.18 Å². The standard InChI is InChI=1S/C15H17F3O/c1-4-7-11(5-2)13-10-12(15(16,17)18)8-9-14(13)19-6-3/h1,8-11H,5-7H2,2-3H3. The molecule has 104 valence electrons. The number of rotatable bonds is 5. The fraction of sp³-hybridized carbons (Fsp3) is 0.467. The maximum Gasteiger partial charge on any atom is 0.416 e. The monoisotopic (exact) mass is 270 g/mol. The summed E-state index contributed by atoms with van der Waals surface area (Å²) < 4.78 is 43.7. The maximum absolute atomic E-state index is 12.8. The van der Waals surface area contributed by atoms with Crippen LogP contribution in [-0.2, 0) is 6.18 Å². The fourth-order valence-electron chi connectivity index (χ4n) is 1.95. The van der Waals surface area contributed by atoms with Gasteiger partial charge in [-0.3, -0.25) is 0 Å². The summed E-state index contributed by atoms with van der Waals surface area (Å²) in [4.78, 5) is 0. The molecule has 1 atom stereocenters. The lowest BCUT2D eigenvalue weighted by atomic mass is 9.91. The summed E-state index contributed by atoms with van der Waals surface area (Å²) in [5.74, 6) is 2.88. The number of hydrogen-bond acceptors (Lipinski definition) is 1. The van der Waals surface area contributed by atoms with E-state index in [9.17, 15) is 13.2 Å². The van der Waals surface area contributed by atoms with E-state index in [0.717, 1.165) is 12.1 Å². The number of halogens is 3. The van der Waals surface area contributed by atoms with Crippen LogP contribution in [-0.4, -0.2) is 6.61 Å². The molecule has 0 saturated heterocycles. The molecule has 1 aromatic rings. The number of terminal acetylenes is 1. The molecule has 0 fully saturated rings. The van der Waals surface area contributed by atoms with E-state index in [1.807, 2.05) is 6.92 Å². The average Bonchev–Trinajstić information content (AvgIpc) is 2.36. The van der Waals surface area contributed by atoms with Gasteiger partial charge in [-0.15, -0.1) is 12.3 Å². The van der Waals surface area contributed by atoms with Gasteiger partial charge in [-0.05, 0) is 43.0 Å². The van der Waals surface area contributed by atoms with Crippen LogP contribution in [0.25, 0.3) is 0 Å². The van der Waals surface area contributed by atoms with E-state index in [1.165, 1.54) is 6.07 Å². The van der Waals surface area contributed by atoms with Crippen LogP contribution in [0.4, 0.5) is 13.2 Å². The van der Waals surface area contributed by atoms with E-state index in [4.69, 9.17) is 11.2 Å². The molecular weight excluding hydrogens is 253 g/mol. The van der Waals surface area contributed by atoms with E-state index >= 15 is 0 Å². The van der Waals surface area contributed by atoms with E-state index in [0.29, 0.717) is 30.8 Å². The van der Waals surface area contributed by atoms with Gasteiger partial charge < -0.3 is 4.74 Å². The molecule has 0 radical (unpaired) electrons. The minimum atomic E-state index is -4.35. The Kier molecular flexibility index (Phi) is 5.29. The predicted octanol–water partition coefficient (Wildman–Crippen LogP) is 4.62. The quantitative estimate of drug-likeness (QED) is 0.709. The minimum Gasteiger partial charge on any atom is -0.494 e. The SMILES string of the molecule is C#CCC(CC)c1cc(C(F)(F)F)ccc1OCC. The third kappa shape index (κ3) is 3.92. The fourth-order valence-corrected chi connectivity index (χ4v) is 1.95. The normalized spacial score (nSPS) is 12.8. The van der Waals surface area contributed by atoms with Crippen LogP contribution in [0.5, 0.6) is 5.75 Å². The molecule has 0 aliphatic carbocycles. The molecule has 0 aromatic heterocycles. The van der Waals surface area contributed by atoms with Crippen LogP contribution >= 0.6 is 0 Å². The van der Waals surface area contributed by atoms with Gasteiger partial charge in [0, 0.05) is 6.42 Å². The first kappa shape index (κ1) is 15.4. The molecule has 1 rings (SSSR count). The molecule has 19 heavy (non-hydrogen) atoms. The third-order valence-electron chi connectivity index (χ3n) is 2.93. The molecule has 0 N–H and O–H groups in total. The summed E-state index contributed by atoms with van der Waals surface area (Å²) >= 11 is 0. The van der Waals surface area contributed by atoms with E-state index < -0.39 is 11.7 Å². The van der Waals surface area contributed by atoms with Crippen molar-refractivity contribution < 1.29 is 17.9 Å². The van der Waals surface area contributed by atoms with E-state index in [2.05, 4.69) is 5.92 Å². The topological polar surface area (TPSA) is 9.23 Å². The predicted molar refractivity (Wildman–Crippen MR) is 69.1 cm³/mol. The second-order valence-corrected chi connectivity index (χ2v) is 4.20. The highest BCUT2D eigenvalue weighted by atomic mass is 19.4. The van der Waals surface area contributed by atoms with Crippen molar-refractivity contribution >= 4 is 0 Å². The first-order valence-electron chi connectivity index (χ1n) is 6.21. The summed E-state index contributed by atoms with van der Waals surface area (Å²) in [5, 5.41) is 0. The summed E-state index contributed by atoms with van der Waals surface area (Å²) in [6.07, 6.45) is 2.00. The maximum atomic E-state index is 12.8. The highest BCUT2D eigenvalue weighted by molar-refractivity contribution is 5.41. The van der Waals surface area contributed by atoms with Gasteiger partial charge in [-0.2, -0.15) is 13.2 Å². The number of benzene rings is 1. The van der Waals surface area contributed by atoms with Crippen LogP contribution in [0.2, 0.25) is 0 Å². The lowest BCUT2D eigenvalue weighted by molar-refractivity contribution is -0.137. The zero-order chi connectivity index (χ0) is 14.5. The van der Waals surface area contributed by atoms with Crippen molar-refractivity contribution in [3.63, 3.8) is 0 Å². The summed E-state index contributed by atoms with van der Waals surface area (Å²) in [6, 6.07) is 3.56. The molecule has 1 unspecified atom stereocenters. The minimum absolute atomic E-state index is 0.117. The van der Waals surface area contributed by atoms with Crippen molar-refractivity contribution in [2.24, 2.45) is 0 Å². The van der Waals surface area contributed by atoms with Gasteiger partial charge in [0.15, 0.2) is 0 Å². The largest absolute Gasteiger partial charge is 0.494 e. The van der Waals surface area contributed by atoms with Gasteiger partial charge in [0.1, 0.15) is 5.75 Å². The molecule has 0 heterocycles. The molecule has 0 bridgehead atoms. The Morgan fingerprint density at radius 3 is 2.47 bits per heavy atom. The molecule has 0 aliphatic rings. The van der Waals surface area contributed by atoms with Gasteiger partial charge in [0.25, 0.3) is 0 Å². The average molecular weight is 270 g/mol. The van der Waals surface area contributed by atoms with Gasteiger partial charge in [0.2, 0.25) is 0 Å². The zero-order valence-electron chi connectivity index (χ0n) is 11.1. The molecule has 0 spiro atoms. The van der Waals surface area contributed by atoms with E-state index in [-0.39, 0.29) is 5.92 Å². The van der Waals surface area contributed by atoms with Crippen molar-refractivity contribution in [1.29, 1.82) is 0 Å². The highest BCUT2D eigenvalue weighted by Crippen LogP contribution is 2.37. The highest BCUT2D eigenvalue weighted by Gasteiger charge is 2.31. The Morgan fingerprint density at radius 1 is 1.32 bits per heavy atom. The van der Waals surface area contributed by atoms with Gasteiger partial charge in [-0.25, -0.2) is 0 Å². The van der Waals surface area contributed by atoms with Crippen molar-refractivity contribution in [3.05, 3.63) is 29.3 Å². The molecule has 4 heteroatoms. The summed E-state index contributed by atoms with van der Waals surface area (Å²) in [7, 11) is 0. The smallest absolute Gasteiger partial charge is 0.416 e. The van der Waals surface area contributed by atoms with E-state index in [1.54, 1.807) is 6.92 Å². The van der Waals surface area contributed by atoms with Crippen LogP contribution < -0.4 is 4.74 Å². The Labute approximate surface area is 111 Å². The third-order valence-corrected chi connectivity index (χ3v) is 2.93. The first-order valence-corrected chi connectivity index (χ1v) is 6.21. The first-order chi connectivity index (χ1) is 8.93. The second-order valence-electron chi connectivity index (χ2n) is 4.20. The Balaban J connectivity index is 3.26. The van der Waals surface area contributed by atoms with Gasteiger partial charge in [0.05, 0.1) is 12.2 Å². The van der Waals surface area contributed by atoms with Crippen LogP contribution in [0, 0.1) is 12.3 Å². The van der Waals surface area contributed by atoms with Crippen molar-refractivity contribution in [3.8, 4) is 18.1 Å². The number of ether oxygens (including phenoxy) is 1. The van der Waals surface area contributed by atoms with Crippen LogP contribution in [0.3, 0.4) is 0 Å². The Morgan fingerprint density at radius 2 is 2.00 bits per heavy atom. The molecule has 0 saturated carbocycles. The molecule has 1 nitrogen and oxygen atoms in total. The Hall–Kier alpha value is -1.63. The van der Waals surface area contributed by atoms with Crippen molar-refractivity contribution in [2.75, 3.05) is 6.61 Å². The lowest BCUT2D eigenvalue weighted by Crippen LogP contribution is -2.09.